The first kappa shape index (κ1) is 38.7. The van der Waals surface area contributed by atoms with Crippen LogP contribution in [-0.2, 0) is 38.8 Å². The number of hydrogen-bond donors (Lipinski definition) is 1. The highest BCUT2D eigenvalue weighted by atomic mass is 16.6. The number of methoxy groups -OCH3 is 1. The van der Waals surface area contributed by atoms with Crippen LogP contribution in [0.1, 0.15) is 54.4 Å². The Kier molecular flexibility index (Phi) is 14.2. The van der Waals surface area contributed by atoms with Crippen LogP contribution in [0, 0.1) is 5.92 Å². The monoisotopic (exact) mass is 735 g/mol. The molecule has 54 heavy (non-hydrogen) atoms. The third-order valence-corrected chi connectivity index (χ3v) is 10.2. The first-order valence-corrected chi connectivity index (χ1v) is 19.0. The molecule has 2 aliphatic rings. The lowest BCUT2D eigenvalue weighted by atomic mass is 9.87. The number of ether oxygens (including phenoxy) is 5. The highest BCUT2D eigenvalue weighted by Gasteiger charge is 2.34. The molecule has 286 valence electrons. The van der Waals surface area contributed by atoms with Crippen molar-refractivity contribution in [1.29, 1.82) is 0 Å². The van der Waals surface area contributed by atoms with Gasteiger partial charge in [-0.05, 0) is 54.2 Å². The Morgan fingerprint density at radius 1 is 0.778 bits per heavy atom. The summed E-state index contributed by atoms with van der Waals surface area (Å²) in [5.41, 5.74) is 5.39. The Balaban J connectivity index is 1.06. The highest BCUT2D eigenvalue weighted by Crippen LogP contribution is 2.34. The van der Waals surface area contributed by atoms with Gasteiger partial charge < -0.3 is 38.8 Å². The fraction of sp³-hybridized carbons (Fsp3) is 0.409. The van der Waals surface area contributed by atoms with E-state index in [9.17, 15) is 9.59 Å². The van der Waals surface area contributed by atoms with Crippen LogP contribution >= 0.6 is 0 Å². The second-order valence-corrected chi connectivity index (χ2v) is 14.0. The quantitative estimate of drug-likeness (QED) is 0.113. The van der Waals surface area contributed by atoms with Gasteiger partial charge in [0.25, 0.3) is 0 Å². The van der Waals surface area contributed by atoms with Gasteiger partial charge >= 0.3 is 6.09 Å². The number of nitrogens with zero attached hydrogens (tertiary/aromatic N) is 2. The number of benzene rings is 4. The summed E-state index contributed by atoms with van der Waals surface area (Å²) in [7, 11) is 1.67. The number of carbonyl (C=O) groups excluding carboxylic acids is 2. The average molecular weight is 736 g/mol. The molecule has 2 saturated heterocycles. The molecule has 0 bridgehead atoms. The predicted octanol–water partition coefficient (Wildman–Crippen LogP) is 7.35. The molecular weight excluding hydrogens is 682 g/mol. The lowest BCUT2D eigenvalue weighted by molar-refractivity contribution is -0.119. The number of anilines is 1. The zero-order chi connectivity index (χ0) is 37.5. The lowest BCUT2D eigenvalue weighted by Crippen LogP contribution is -2.47. The molecule has 3 atom stereocenters. The topological polar surface area (TPSA) is 98.8 Å². The van der Waals surface area contributed by atoms with Crippen LogP contribution in [0.2, 0.25) is 0 Å². The van der Waals surface area contributed by atoms with Gasteiger partial charge in [-0.2, -0.15) is 0 Å². The molecular formula is C44H53N3O7. The molecule has 0 radical (unpaired) electrons. The summed E-state index contributed by atoms with van der Waals surface area (Å²) < 4.78 is 29.8. The van der Waals surface area contributed by atoms with E-state index >= 15 is 0 Å². The molecule has 4 aromatic carbocycles. The van der Waals surface area contributed by atoms with Crippen molar-refractivity contribution in [2.75, 3.05) is 57.9 Å². The van der Waals surface area contributed by atoms with Crippen LogP contribution in [-0.4, -0.2) is 76.1 Å². The van der Waals surface area contributed by atoms with Crippen LogP contribution in [0.15, 0.2) is 103 Å². The predicted molar refractivity (Wildman–Crippen MR) is 209 cm³/mol. The summed E-state index contributed by atoms with van der Waals surface area (Å²) in [6.45, 7) is 7.33. The molecule has 0 aromatic heterocycles. The number of piperidine rings is 1. The van der Waals surface area contributed by atoms with Crippen molar-refractivity contribution in [3.05, 3.63) is 125 Å². The van der Waals surface area contributed by atoms with E-state index in [1.807, 2.05) is 72.8 Å². The number of nitrogens with one attached hydrogen (secondary N) is 1. The fourth-order valence-electron chi connectivity index (χ4n) is 7.25. The van der Waals surface area contributed by atoms with Crippen LogP contribution in [0.3, 0.4) is 0 Å². The van der Waals surface area contributed by atoms with Gasteiger partial charge in [0, 0.05) is 62.3 Å². The van der Waals surface area contributed by atoms with Crippen LogP contribution in [0.25, 0.3) is 0 Å². The summed E-state index contributed by atoms with van der Waals surface area (Å²) in [5, 5.41) is 2.97. The summed E-state index contributed by atoms with van der Waals surface area (Å²) in [6, 6.07) is 34.3. The van der Waals surface area contributed by atoms with E-state index in [0.717, 1.165) is 71.8 Å². The molecule has 3 unspecified atom stereocenters. The van der Waals surface area contributed by atoms with Crippen molar-refractivity contribution in [3.63, 3.8) is 0 Å². The lowest BCUT2D eigenvalue weighted by Gasteiger charge is -2.38. The molecule has 0 aliphatic carbocycles. The molecule has 2 aliphatic heterocycles. The number of para-hydroxylation sites is 2. The van der Waals surface area contributed by atoms with Gasteiger partial charge in [-0.3, -0.25) is 4.79 Å². The van der Waals surface area contributed by atoms with E-state index in [-0.39, 0.29) is 30.6 Å². The maximum Gasteiger partial charge on any atom is 0.410 e. The number of rotatable bonds is 17. The average Bonchev–Trinajstić information content (AvgIpc) is 3.69. The normalized spacial score (nSPS) is 18.3. The molecule has 1 N–H and O–H groups in total. The number of likely N-dealkylation sites (tertiary alicyclic amines) is 1. The highest BCUT2D eigenvalue weighted by molar-refractivity contribution is 5.72. The second-order valence-electron chi connectivity index (χ2n) is 14.0. The SMILES string of the molecule is COc1ccccc1COCCCOc1ccc(C2CCN(C(=O)OCc3ccccc3)CC2OCc2ccccc2N2CCC(CNC(C)=O)C2)cc1. The Hall–Kier alpha value is -5.06. The molecule has 10 nitrogen and oxygen atoms in total. The Morgan fingerprint density at radius 3 is 2.33 bits per heavy atom. The number of carbonyl (C=O) groups is 2. The standard InChI is InChI=1S/C44H53N3O7/c1-33(48)45-27-35-21-23-46(28-35)41-15-8-6-13-37(41)32-53-43-29-47(44(49)54-30-34-11-4-3-5-12-34)24-22-40(43)36-17-19-39(20-18-36)52-26-10-25-51-31-38-14-7-9-16-42(38)50-2/h3-9,11-20,35,40,43H,10,21-32H2,1-2H3,(H,45,48). The number of amides is 2. The summed E-state index contributed by atoms with van der Waals surface area (Å²) in [4.78, 5) is 28.9. The Labute approximate surface area is 319 Å². The summed E-state index contributed by atoms with van der Waals surface area (Å²) in [6.07, 6.45) is 1.96. The zero-order valence-electron chi connectivity index (χ0n) is 31.5. The minimum atomic E-state index is -0.329. The fourth-order valence-corrected chi connectivity index (χ4v) is 7.25. The summed E-state index contributed by atoms with van der Waals surface area (Å²) >= 11 is 0. The third-order valence-electron chi connectivity index (χ3n) is 10.2. The van der Waals surface area contributed by atoms with Crippen LogP contribution in [0.4, 0.5) is 10.5 Å². The maximum absolute atomic E-state index is 13.3. The van der Waals surface area contributed by atoms with Gasteiger partial charge in [0.05, 0.1) is 46.2 Å². The molecule has 10 heteroatoms. The van der Waals surface area contributed by atoms with E-state index in [2.05, 4.69) is 40.5 Å². The smallest absolute Gasteiger partial charge is 0.410 e. The molecule has 2 fully saturated rings. The van der Waals surface area contributed by atoms with Gasteiger partial charge in [0.1, 0.15) is 18.1 Å². The van der Waals surface area contributed by atoms with Crippen molar-refractivity contribution >= 4 is 17.7 Å². The number of hydrogen-bond acceptors (Lipinski definition) is 8. The van der Waals surface area contributed by atoms with Gasteiger partial charge in [0.2, 0.25) is 5.91 Å². The second kappa shape index (κ2) is 19.9. The van der Waals surface area contributed by atoms with Gasteiger partial charge in [0.15, 0.2) is 0 Å². The van der Waals surface area contributed by atoms with Crippen molar-refractivity contribution in [1.82, 2.24) is 10.2 Å². The molecule has 2 heterocycles. The van der Waals surface area contributed by atoms with Crippen molar-refractivity contribution in [2.45, 2.75) is 58.0 Å². The van der Waals surface area contributed by atoms with Gasteiger partial charge in [-0.25, -0.2) is 4.79 Å². The van der Waals surface area contributed by atoms with Crippen molar-refractivity contribution in [2.24, 2.45) is 5.92 Å². The first-order valence-electron chi connectivity index (χ1n) is 19.0. The Morgan fingerprint density at radius 2 is 1.54 bits per heavy atom. The van der Waals surface area contributed by atoms with E-state index in [1.165, 1.54) is 0 Å². The minimum absolute atomic E-state index is 0.00613. The minimum Gasteiger partial charge on any atom is -0.496 e. The first-order chi connectivity index (χ1) is 26.5. The van der Waals surface area contributed by atoms with Crippen LogP contribution in [0.5, 0.6) is 11.5 Å². The Bertz CT molecular complexity index is 1770. The molecule has 2 amide bonds. The molecule has 6 rings (SSSR count). The largest absolute Gasteiger partial charge is 0.496 e. The van der Waals surface area contributed by atoms with E-state index in [1.54, 1.807) is 18.9 Å². The maximum atomic E-state index is 13.3. The van der Waals surface area contributed by atoms with Crippen molar-refractivity contribution in [3.8, 4) is 11.5 Å². The van der Waals surface area contributed by atoms with E-state index in [4.69, 9.17) is 23.7 Å². The van der Waals surface area contributed by atoms with Gasteiger partial charge in [-0.15, -0.1) is 0 Å². The van der Waals surface area contributed by atoms with Crippen LogP contribution < -0.4 is 19.7 Å². The third kappa shape index (κ3) is 11.0. The zero-order valence-corrected chi connectivity index (χ0v) is 31.5. The van der Waals surface area contributed by atoms with Gasteiger partial charge in [-0.1, -0.05) is 78.9 Å². The molecule has 0 spiro atoms. The van der Waals surface area contributed by atoms with Crippen molar-refractivity contribution < 1.29 is 33.3 Å². The van der Waals surface area contributed by atoms with E-state index < -0.39 is 0 Å². The molecule has 0 saturated carbocycles. The summed E-state index contributed by atoms with van der Waals surface area (Å²) in [5.74, 6) is 2.13. The molecule has 4 aromatic rings. The van der Waals surface area contributed by atoms with E-state index in [0.29, 0.717) is 52.0 Å².